The lowest BCUT2D eigenvalue weighted by molar-refractivity contribution is 1.03. The number of hydrogen-bond acceptors (Lipinski definition) is 1. The zero-order valence-electron chi connectivity index (χ0n) is 27.5. The molecular weight excluding hydrogens is 607 g/mol. The summed E-state index contributed by atoms with van der Waals surface area (Å²) >= 11 is 0. The first kappa shape index (κ1) is 28.6. The van der Waals surface area contributed by atoms with Crippen molar-refractivity contribution in [1.82, 2.24) is 14.1 Å². The SMILES string of the molecule is C1=CC(c2ccc(-c3ccccc3)c(-n3c4ccccc4c4cccc(-c5ccc6c(c5)c5ccccc5n6-c5ccccc5)c43)n2)=CCC1. The van der Waals surface area contributed by atoms with Gasteiger partial charge < -0.3 is 4.57 Å². The van der Waals surface area contributed by atoms with Crippen LogP contribution in [0.2, 0.25) is 0 Å². The van der Waals surface area contributed by atoms with E-state index in [9.17, 15) is 0 Å². The molecule has 1 aliphatic rings. The molecule has 0 aliphatic heterocycles. The summed E-state index contributed by atoms with van der Waals surface area (Å²) in [5.74, 6) is 0.939. The Bertz CT molecular complexity index is 2800. The Hall–Kier alpha value is -6.45. The second-order valence-corrected chi connectivity index (χ2v) is 13.0. The largest absolute Gasteiger partial charge is 0.309 e. The Morgan fingerprint density at radius 1 is 0.460 bits per heavy atom. The van der Waals surface area contributed by atoms with Gasteiger partial charge in [-0.1, -0.05) is 127 Å². The van der Waals surface area contributed by atoms with Gasteiger partial charge in [-0.2, -0.15) is 0 Å². The minimum absolute atomic E-state index is 0.939. The molecule has 0 amide bonds. The van der Waals surface area contributed by atoms with Crippen molar-refractivity contribution in [1.29, 1.82) is 0 Å². The van der Waals surface area contributed by atoms with Crippen LogP contribution in [0.25, 0.3) is 82.9 Å². The predicted octanol–water partition coefficient (Wildman–Crippen LogP) is 12.3. The van der Waals surface area contributed by atoms with Crippen molar-refractivity contribution >= 4 is 49.2 Å². The topological polar surface area (TPSA) is 22.8 Å². The van der Waals surface area contributed by atoms with E-state index in [1.54, 1.807) is 0 Å². The summed E-state index contributed by atoms with van der Waals surface area (Å²) in [5.41, 5.74) is 12.7. The second kappa shape index (κ2) is 11.6. The first-order chi connectivity index (χ1) is 24.8. The van der Waals surface area contributed by atoms with Crippen molar-refractivity contribution in [3.8, 4) is 33.8 Å². The van der Waals surface area contributed by atoms with E-state index in [0.717, 1.165) is 52.2 Å². The molecule has 0 saturated heterocycles. The smallest absolute Gasteiger partial charge is 0.146 e. The lowest BCUT2D eigenvalue weighted by Gasteiger charge is -2.17. The van der Waals surface area contributed by atoms with Crippen LogP contribution in [0.1, 0.15) is 18.5 Å². The highest BCUT2D eigenvalue weighted by Crippen LogP contribution is 2.42. The van der Waals surface area contributed by atoms with Crippen molar-refractivity contribution in [2.24, 2.45) is 0 Å². The molecule has 0 bridgehead atoms. The summed E-state index contributed by atoms with van der Waals surface area (Å²) in [6, 6.07) is 57.0. The van der Waals surface area contributed by atoms with Crippen LogP contribution in [0.4, 0.5) is 0 Å². The van der Waals surface area contributed by atoms with Gasteiger partial charge in [0.05, 0.1) is 27.8 Å². The molecular formula is C47H33N3. The summed E-state index contributed by atoms with van der Waals surface area (Å²) in [6.07, 6.45) is 8.89. The molecule has 0 atom stereocenters. The third-order valence-corrected chi connectivity index (χ3v) is 10.2. The molecule has 6 aromatic carbocycles. The molecule has 9 aromatic rings. The van der Waals surface area contributed by atoms with Gasteiger partial charge in [-0.05, 0) is 78.1 Å². The van der Waals surface area contributed by atoms with Gasteiger partial charge in [-0.3, -0.25) is 4.57 Å². The summed E-state index contributed by atoms with van der Waals surface area (Å²) in [4.78, 5) is 5.52. The minimum atomic E-state index is 0.939. The van der Waals surface area contributed by atoms with Gasteiger partial charge in [0.2, 0.25) is 0 Å². The van der Waals surface area contributed by atoms with Crippen molar-refractivity contribution in [3.63, 3.8) is 0 Å². The van der Waals surface area contributed by atoms with Crippen LogP contribution in [-0.4, -0.2) is 14.1 Å². The maximum absolute atomic E-state index is 5.52. The second-order valence-electron chi connectivity index (χ2n) is 13.0. The molecule has 3 heteroatoms. The quantitative estimate of drug-likeness (QED) is 0.184. The van der Waals surface area contributed by atoms with Gasteiger partial charge in [0, 0.05) is 38.4 Å². The number of fused-ring (bicyclic) bond motifs is 6. The number of nitrogens with zero attached hydrogens (tertiary/aromatic N) is 3. The molecule has 50 heavy (non-hydrogen) atoms. The molecule has 0 N–H and O–H groups in total. The Labute approximate surface area is 290 Å². The van der Waals surface area contributed by atoms with Gasteiger partial charge >= 0.3 is 0 Å². The Balaban J connectivity index is 1.28. The van der Waals surface area contributed by atoms with Gasteiger partial charge in [-0.15, -0.1) is 0 Å². The molecule has 0 saturated carbocycles. The van der Waals surface area contributed by atoms with Crippen molar-refractivity contribution in [3.05, 3.63) is 182 Å². The van der Waals surface area contributed by atoms with Crippen molar-refractivity contribution in [2.75, 3.05) is 0 Å². The molecule has 0 radical (unpaired) electrons. The lowest BCUT2D eigenvalue weighted by atomic mass is 9.99. The van der Waals surface area contributed by atoms with Crippen LogP contribution in [-0.2, 0) is 0 Å². The minimum Gasteiger partial charge on any atom is -0.309 e. The summed E-state index contributed by atoms with van der Waals surface area (Å²) < 4.78 is 4.79. The highest BCUT2D eigenvalue weighted by atomic mass is 15.1. The van der Waals surface area contributed by atoms with E-state index in [2.05, 4.69) is 185 Å². The molecule has 0 unspecified atom stereocenters. The third kappa shape index (κ3) is 4.48. The van der Waals surface area contributed by atoms with Gasteiger partial charge in [0.25, 0.3) is 0 Å². The standard InChI is InChI=1S/C47H33N3/c1-4-15-32(16-5-1)37-28-29-42(33-17-6-2-7-18-33)48-47(37)50-44-26-13-10-21-38(44)40-24-14-23-36(46(40)50)34-27-30-45-41(31-34)39-22-11-12-25-43(39)49(45)35-19-8-3-9-20-35/h1,3-6,8-31H,2,7H2. The number of allylic oxidation sites excluding steroid dienone is 4. The molecule has 3 aromatic heterocycles. The highest BCUT2D eigenvalue weighted by molar-refractivity contribution is 6.16. The maximum Gasteiger partial charge on any atom is 0.146 e. The molecule has 1 aliphatic carbocycles. The van der Waals surface area contributed by atoms with E-state index < -0.39 is 0 Å². The third-order valence-electron chi connectivity index (χ3n) is 10.2. The fourth-order valence-electron chi connectivity index (χ4n) is 7.89. The van der Waals surface area contributed by atoms with Crippen LogP contribution in [0.15, 0.2) is 176 Å². The summed E-state index contributed by atoms with van der Waals surface area (Å²) in [5, 5.41) is 4.92. The molecule has 0 fully saturated rings. The number of rotatable bonds is 5. The van der Waals surface area contributed by atoms with Gasteiger partial charge in [0.1, 0.15) is 5.82 Å². The Kier molecular flexibility index (Phi) is 6.63. The molecule has 3 heterocycles. The average Bonchev–Trinajstić information content (AvgIpc) is 3.71. The molecule has 0 spiro atoms. The van der Waals surface area contributed by atoms with E-state index >= 15 is 0 Å². The van der Waals surface area contributed by atoms with E-state index in [-0.39, 0.29) is 0 Å². The zero-order chi connectivity index (χ0) is 33.0. The highest BCUT2D eigenvalue weighted by Gasteiger charge is 2.22. The number of aromatic nitrogens is 3. The van der Waals surface area contributed by atoms with Gasteiger partial charge in [0.15, 0.2) is 0 Å². The van der Waals surface area contributed by atoms with E-state index in [0.29, 0.717) is 0 Å². The van der Waals surface area contributed by atoms with Crippen LogP contribution < -0.4 is 0 Å². The summed E-state index contributed by atoms with van der Waals surface area (Å²) in [6.45, 7) is 0. The van der Waals surface area contributed by atoms with E-state index in [1.807, 2.05) is 0 Å². The van der Waals surface area contributed by atoms with Gasteiger partial charge in [-0.25, -0.2) is 4.98 Å². The number of hydrogen-bond donors (Lipinski definition) is 0. The maximum atomic E-state index is 5.52. The lowest BCUT2D eigenvalue weighted by Crippen LogP contribution is -2.04. The average molecular weight is 640 g/mol. The fourth-order valence-corrected chi connectivity index (χ4v) is 7.89. The van der Waals surface area contributed by atoms with Crippen LogP contribution in [0.3, 0.4) is 0 Å². The first-order valence-corrected chi connectivity index (χ1v) is 17.4. The normalized spacial score (nSPS) is 13.1. The fraction of sp³-hybridized carbons (Fsp3) is 0.0426. The van der Waals surface area contributed by atoms with E-state index in [1.165, 1.54) is 49.3 Å². The van der Waals surface area contributed by atoms with Crippen LogP contribution >= 0.6 is 0 Å². The Morgan fingerprint density at radius 3 is 1.92 bits per heavy atom. The van der Waals surface area contributed by atoms with Crippen LogP contribution in [0, 0.1) is 0 Å². The zero-order valence-corrected chi connectivity index (χ0v) is 27.5. The van der Waals surface area contributed by atoms with Crippen molar-refractivity contribution < 1.29 is 0 Å². The molecule has 10 rings (SSSR count). The summed E-state index contributed by atoms with van der Waals surface area (Å²) in [7, 11) is 0. The number of benzene rings is 6. The monoisotopic (exact) mass is 639 g/mol. The van der Waals surface area contributed by atoms with Crippen molar-refractivity contribution in [2.45, 2.75) is 12.8 Å². The number of pyridine rings is 1. The van der Waals surface area contributed by atoms with Crippen LogP contribution in [0.5, 0.6) is 0 Å². The molecule has 236 valence electrons. The molecule has 3 nitrogen and oxygen atoms in total. The van der Waals surface area contributed by atoms with E-state index in [4.69, 9.17) is 4.98 Å². The first-order valence-electron chi connectivity index (χ1n) is 17.4. The predicted molar refractivity (Wildman–Crippen MR) is 210 cm³/mol. The number of para-hydroxylation sites is 4. The Morgan fingerprint density at radius 2 is 1.14 bits per heavy atom.